The van der Waals surface area contributed by atoms with Crippen molar-refractivity contribution in [3.8, 4) is 0 Å². The summed E-state index contributed by atoms with van der Waals surface area (Å²) in [6.45, 7) is -0.0320. The number of carbonyl (C=O) groups is 3. The van der Waals surface area contributed by atoms with Gasteiger partial charge in [-0.25, -0.2) is 14.0 Å². The number of carboxylic acid groups (broad SMARTS) is 1. The van der Waals surface area contributed by atoms with Crippen LogP contribution in [0.25, 0.3) is 0 Å². The molecule has 0 bridgehead atoms. The molecule has 0 radical (unpaired) electrons. The lowest BCUT2D eigenvalue weighted by molar-refractivity contribution is -0.135. The van der Waals surface area contributed by atoms with Crippen molar-refractivity contribution in [3.63, 3.8) is 0 Å². The summed E-state index contributed by atoms with van der Waals surface area (Å²) in [6, 6.07) is 29.4. The van der Waals surface area contributed by atoms with Gasteiger partial charge in [0.05, 0.1) is 18.2 Å². The fraction of sp³-hybridized carbons (Fsp3) is 0.206. The topological polar surface area (TPSA) is 98.7 Å². The van der Waals surface area contributed by atoms with Crippen molar-refractivity contribution in [2.75, 3.05) is 11.9 Å². The van der Waals surface area contributed by atoms with E-state index in [0.29, 0.717) is 5.69 Å². The number of carboxylic acids is 1. The maximum absolute atomic E-state index is 14.0. The number of halogens is 1. The molecule has 0 saturated heterocycles. The highest BCUT2D eigenvalue weighted by atomic mass is 19.1. The van der Waals surface area contributed by atoms with E-state index in [9.17, 15) is 23.9 Å². The second-order valence-electron chi connectivity index (χ2n) is 10.5. The molecule has 0 unspecified atom stereocenters. The van der Waals surface area contributed by atoms with Gasteiger partial charge in [0.2, 0.25) is 5.91 Å². The molecule has 0 spiro atoms. The molecular formula is C34H32FN3O4. The fourth-order valence-corrected chi connectivity index (χ4v) is 5.65. The van der Waals surface area contributed by atoms with Gasteiger partial charge >= 0.3 is 12.0 Å². The number of aromatic carboxylic acids is 1. The Morgan fingerprint density at radius 2 is 1.60 bits per heavy atom. The number of hydrogen-bond donors (Lipinski definition) is 3. The van der Waals surface area contributed by atoms with Gasteiger partial charge in [-0.2, -0.15) is 0 Å². The molecule has 8 heteroatoms. The van der Waals surface area contributed by atoms with Crippen molar-refractivity contribution in [2.45, 2.75) is 31.8 Å². The lowest BCUT2D eigenvalue weighted by Crippen LogP contribution is -2.46. The molecular weight excluding hydrogens is 533 g/mol. The first kappa shape index (κ1) is 28.5. The molecule has 1 aliphatic carbocycles. The van der Waals surface area contributed by atoms with Crippen LogP contribution < -0.4 is 10.6 Å². The summed E-state index contributed by atoms with van der Waals surface area (Å²) in [6.07, 6.45) is 2.57. The summed E-state index contributed by atoms with van der Waals surface area (Å²) < 4.78 is 13.7. The van der Waals surface area contributed by atoms with Crippen LogP contribution in [0.5, 0.6) is 0 Å². The lowest BCUT2D eigenvalue weighted by atomic mass is 9.76. The molecule has 0 heterocycles. The summed E-state index contributed by atoms with van der Waals surface area (Å²) in [7, 11) is 0. The number of rotatable bonds is 9. The first-order valence-corrected chi connectivity index (χ1v) is 13.9. The Morgan fingerprint density at radius 1 is 0.857 bits per heavy atom. The molecule has 3 amide bonds. The molecule has 42 heavy (non-hydrogen) atoms. The van der Waals surface area contributed by atoms with Gasteiger partial charge in [0, 0.05) is 12.2 Å². The number of hydrogen-bond acceptors (Lipinski definition) is 3. The summed E-state index contributed by atoms with van der Waals surface area (Å²) in [5.41, 5.74) is 4.56. The zero-order valence-corrected chi connectivity index (χ0v) is 23.0. The minimum Gasteiger partial charge on any atom is -0.478 e. The fourth-order valence-electron chi connectivity index (χ4n) is 5.65. The van der Waals surface area contributed by atoms with Gasteiger partial charge in [-0.15, -0.1) is 0 Å². The Bertz CT molecular complexity index is 1560. The summed E-state index contributed by atoms with van der Waals surface area (Å²) in [4.78, 5) is 39.7. The number of benzene rings is 4. The Balaban J connectivity index is 1.41. The number of anilines is 1. The number of amides is 3. The third-order valence-electron chi connectivity index (χ3n) is 7.64. The Hall–Kier alpha value is -4.98. The molecule has 0 aliphatic heterocycles. The molecule has 7 nitrogen and oxygen atoms in total. The predicted octanol–water partition coefficient (Wildman–Crippen LogP) is 6.22. The standard InChI is InChI=1S/C34H32FN3O4/c35-28-17-13-24(14-18-28)22-38(31(39)21-36-34(42)37-29-11-6-10-27(20-29)33(40)41)32-26(19-23-7-2-1-3-8-23)16-15-25-9-4-5-12-30(25)32/h1-14,17-18,20,26,32H,15-16,19,21-22H2,(H,40,41)(H2,36,37,42)/t26-,32-/m0/s1. The quantitative estimate of drug-likeness (QED) is 0.224. The second kappa shape index (κ2) is 13.1. The summed E-state index contributed by atoms with van der Waals surface area (Å²) >= 11 is 0. The van der Waals surface area contributed by atoms with E-state index in [4.69, 9.17) is 0 Å². The Labute approximate surface area is 244 Å². The lowest BCUT2D eigenvalue weighted by Gasteiger charge is -2.42. The van der Waals surface area contributed by atoms with E-state index < -0.39 is 12.0 Å². The van der Waals surface area contributed by atoms with E-state index in [0.717, 1.165) is 30.4 Å². The minimum absolute atomic E-state index is 0.0368. The molecule has 4 aromatic carbocycles. The van der Waals surface area contributed by atoms with Crippen molar-refractivity contribution in [1.82, 2.24) is 10.2 Å². The molecule has 2 atom stereocenters. The van der Waals surface area contributed by atoms with E-state index in [1.807, 2.05) is 30.3 Å². The number of nitrogens with one attached hydrogen (secondary N) is 2. The molecule has 214 valence electrons. The largest absolute Gasteiger partial charge is 0.478 e. The van der Waals surface area contributed by atoms with Crippen molar-refractivity contribution in [3.05, 3.63) is 137 Å². The zero-order valence-electron chi connectivity index (χ0n) is 23.0. The van der Waals surface area contributed by atoms with Crippen LogP contribution in [-0.4, -0.2) is 34.5 Å². The summed E-state index contributed by atoms with van der Waals surface area (Å²) in [5.74, 6) is -1.62. The molecule has 5 rings (SSSR count). The highest BCUT2D eigenvalue weighted by molar-refractivity contribution is 5.94. The van der Waals surface area contributed by atoms with Crippen LogP contribution in [0.4, 0.5) is 14.9 Å². The molecule has 0 saturated carbocycles. The molecule has 0 aromatic heterocycles. The van der Waals surface area contributed by atoms with E-state index in [-0.39, 0.29) is 42.3 Å². The van der Waals surface area contributed by atoms with Crippen LogP contribution in [0.1, 0.15) is 45.1 Å². The van der Waals surface area contributed by atoms with Crippen LogP contribution in [0.2, 0.25) is 0 Å². The minimum atomic E-state index is -1.11. The Kier molecular flexibility index (Phi) is 8.92. The van der Waals surface area contributed by atoms with Crippen LogP contribution in [-0.2, 0) is 24.2 Å². The highest BCUT2D eigenvalue weighted by Crippen LogP contribution is 2.41. The molecule has 1 aliphatic rings. The first-order valence-electron chi connectivity index (χ1n) is 13.9. The maximum Gasteiger partial charge on any atom is 0.335 e. The molecule has 4 aromatic rings. The molecule has 3 N–H and O–H groups in total. The van der Waals surface area contributed by atoms with Gasteiger partial charge in [0.1, 0.15) is 5.82 Å². The van der Waals surface area contributed by atoms with Gasteiger partial charge in [0.15, 0.2) is 0 Å². The van der Waals surface area contributed by atoms with Gasteiger partial charge in [-0.3, -0.25) is 4.79 Å². The zero-order chi connectivity index (χ0) is 29.5. The van der Waals surface area contributed by atoms with Gasteiger partial charge < -0.3 is 20.6 Å². The average molecular weight is 566 g/mol. The number of aryl methyl sites for hydroxylation is 1. The third kappa shape index (κ3) is 7.01. The van der Waals surface area contributed by atoms with Crippen molar-refractivity contribution in [2.24, 2.45) is 5.92 Å². The normalized spacial score (nSPS) is 15.7. The van der Waals surface area contributed by atoms with E-state index >= 15 is 0 Å². The third-order valence-corrected chi connectivity index (χ3v) is 7.64. The smallest absolute Gasteiger partial charge is 0.335 e. The Morgan fingerprint density at radius 3 is 2.36 bits per heavy atom. The van der Waals surface area contributed by atoms with Crippen LogP contribution in [0.3, 0.4) is 0 Å². The van der Waals surface area contributed by atoms with Crippen molar-refractivity contribution in [1.29, 1.82) is 0 Å². The monoisotopic (exact) mass is 565 g/mol. The van der Waals surface area contributed by atoms with E-state index in [2.05, 4.69) is 34.9 Å². The number of urea groups is 1. The van der Waals surface area contributed by atoms with E-state index in [1.165, 1.54) is 41.5 Å². The van der Waals surface area contributed by atoms with Crippen molar-refractivity contribution >= 4 is 23.6 Å². The van der Waals surface area contributed by atoms with Gasteiger partial charge in [0.25, 0.3) is 0 Å². The van der Waals surface area contributed by atoms with E-state index in [1.54, 1.807) is 23.1 Å². The second-order valence-corrected chi connectivity index (χ2v) is 10.5. The van der Waals surface area contributed by atoms with Crippen LogP contribution in [0.15, 0.2) is 103 Å². The number of fused-ring (bicyclic) bond motifs is 1. The first-order chi connectivity index (χ1) is 20.4. The average Bonchev–Trinajstić information content (AvgIpc) is 3.00. The molecule has 0 fully saturated rings. The summed E-state index contributed by atoms with van der Waals surface area (Å²) in [5, 5.41) is 14.5. The maximum atomic E-state index is 14.0. The van der Waals surface area contributed by atoms with Crippen LogP contribution in [0, 0.1) is 11.7 Å². The van der Waals surface area contributed by atoms with Gasteiger partial charge in [-0.1, -0.05) is 72.8 Å². The van der Waals surface area contributed by atoms with Crippen LogP contribution >= 0.6 is 0 Å². The number of nitrogens with zero attached hydrogens (tertiary/aromatic N) is 1. The SMILES string of the molecule is O=C(NCC(=O)N(Cc1ccc(F)cc1)[C@@H]1c2ccccc2CC[C@H]1Cc1ccccc1)Nc1cccc(C(=O)O)c1. The van der Waals surface area contributed by atoms with Gasteiger partial charge in [-0.05, 0) is 77.8 Å². The highest BCUT2D eigenvalue weighted by Gasteiger charge is 2.36. The number of carbonyl (C=O) groups excluding carboxylic acids is 2. The predicted molar refractivity (Wildman–Crippen MR) is 159 cm³/mol. The van der Waals surface area contributed by atoms with Crippen molar-refractivity contribution < 1.29 is 23.9 Å².